The van der Waals surface area contributed by atoms with Gasteiger partial charge in [0.05, 0.1) is 40.2 Å². The lowest BCUT2D eigenvalue weighted by molar-refractivity contribution is 0.674. The average molecular weight is 751 g/mol. The Balaban J connectivity index is 2.48. The van der Waals surface area contributed by atoms with Crippen LogP contribution < -0.4 is 0 Å². The monoisotopic (exact) mass is 744 g/mol. The first-order valence-corrected chi connectivity index (χ1v) is 21.7. The molecule has 0 saturated heterocycles. The summed E-state index contributed by atoms with van der Waals surface area (Å²) in [6.45, 7) is 0. The lowest BCUT2D eigenvalue weighted by atomic mass is 9.92. The van der Waals surface area contributed by atoms with Crippen molar-refractivity contribution in [3.8, 4) is 0 Å². The van der Waals surface area contributed by atoms with E-state index < -0.39 is 29.4 Å². The molecule has 2 aromatic rings. The molecule has 0 aromatic heterocycles. The molecule has 1 aliphatic rings. The van der Waals surface area contributed by atoms with E-state index in [1.54, 1.807) is 0 Å². The van der Waals surface area contributed by atoms with E-state index in [9.17, 15) is 0 Å². The van der Waals surface area contributed by atoms with Gasteiger partial charge in [-0.2, -0.15) is 0 Å². The molecule has 0 saturated carbocycles. The maximum absolute atomic E-state index is 6.66. The minimum atomic E-state index is -3.60. The first-order chi connectivity index (χ1) is 14.5. The zero-order valence-corrected chi connectivity index (χ0v) is 27.4. The Bertz CT molecular complexity index is 1090. The largest absolute Gasteiger partial charge is 0.345 e. The Labute approximate surface area is 254 Å². The van der Waals surface area contributed by atoms with Crippen LogP contribution in [0, 0.1) is 0 Å². The highest BCUT2D eigenvalue weighted by atomic mass is 35.8. The molecule has 3 atom stereocenters. The van der Waals surface area contributed by atoms with Gasteiger partial charge in [0, 0.05) is 11.5 Å². The maximum atomic E-state index is 6.66. The summed E-state index contributed by atoms with van der Waals surface area (Å²) in [7, 11) is 0. The highest BCUT2D eigenvalue weighted by molar-refractivity contribution is 7.66. The number of halogens is 14. The third-order valence-electron chi connectivity index (χ3n) is 5.11. The second-order valence-electron chi connectivity index (χ2n) is 6.94. The zero-order valence-electron chi connectivity index (χ0n) is 14.8. The molecule has 3 rings (SSSR count). The normalized spacial score (nSPS) is 21.2. The first kappa shape index (κ1) is 29.5. The predicted molar refractivity (Wildman–Crippen MR) is 153 cm³/mol. The molecule has 0 amide bonds. The molecule has 0 aliphatic heterocycles. The second-order valence-corrected chi connectivity index (χ2v) is 28.0. The fourth-order valence-electron chi connectivity index (χ4n) is 3.99. The summed E-state index contributed by atoms with van der Waals surface area (Å²) in [5.41, 5.74) is 0.637. The van der Waals surface area contributed by atoms with Crippen LogP contribution in [0.25, 0.3) is 0 Å². The Hall–Kier alpha value is 2.93. The minimum Gasteiger partial charge on any atom is -0.126 e. The Morgan fingerprint density at radius 3 is 1.53 bits per heavy atom. The SMILES string of the molecule is Clc1cc([C@H]2c3c(Cl)c(Cl)c(Cl)c(Cl)c3[C@@H](C[Si](Cl)(Cl)Cl)[C@@H]2[Si](Cl)(Cl)Cl)c(Cl)c(Cl)c1Cl. The summed E-state index contributed by atoms with van der Waals surface area (Å²) in [6.07, 6.45) is 0. The van der Waals surface area contributed by atoms with Crippen molar-refractivity contribution < 1.29 is 0 Å². The van der Waals surface area contributed by atoms with Crippen LogP contribution in [-0.4, -0.2) is 12.0 Å². The van der Waals surface area contributed by atoms with Gasteiger partial charge in [0.25, 0.3) is 0 Å². The van der Waals surface area contributed by atoms with Crippen molar-refractivity contribution in [3.63, 3.8) is 0 Å². The first-order valence-electron chi connectivity index (χ1n) is 8.31. The van der Waals surface area contributed by atoms with Gasteiger partial charge >= 0.3 is 12.0 Å². The standard InChI is InChI=1S/C16H6Cl14Si2/c17-5-1-3(9(18)13(22)10(5)19)7-8-6(11(20)14(23)15(24)12(8)21)4(2-31(25,26)27)16(7)32(28,29)30/h1,4,7,16H,2H2/t4-,7+,16+/m1/s1. The molecule has 0 unspecified atom stereocenters. The molecule has 0 radical (unpaired) electrons. The van der Waals surface area contributed by atoms with E-state index >= 15 is 0 Å². The van der Waals surface area contributed by atoms with Crippen molar-refractivity contribution in [1.29, 1.82) is 0 Å². The number of benzene rings is 2. The fourth-order valence-corrected chi connectivity index (χ4v) is 12.7. The summed E-state index contributed by atoms with van der Waals surface area (Å²) in [5, 5.41) is 0.662. The van der Waals surface area contributed by atoms with Crippen LogP contribution in [0.2, 0.25) is 51.8 Å². The molecule has 1 aliphatic carbocycles. The average Bonchev–Trinajstić information content (AvgIpc) is 2.99. The highest BCUT2D eigenvalue weighted by Gasteiger charge is 2.57. The third kappa shape index (κ3) is 5.53. The minimum absolute atomic E-state index is 0.0286. The van der Waals surface area contributed by atoms with E-state index in [1.807, 2.05) is 0 Å². The quantitative estimate of drug-likeness (QED) is 0.126. The molecule has 176 valence electrons. The van der Waals surface area contributed by atoms with Crippen molar-refractivity contribution in [3.05, 3.63) is 62.9 Å². The maximum Gasteiger partial charge on any atom is 0.345 e. The molecular formula is C16H6Cl14Si2. The zero-order chi connectivity index (χ0) is 24.5. The van der Waals surface area contributed by atoms with E-state index in [-0.39, 0.29) is 46.2 Å². The van der Waals surface area contributed by atoms with Gasteiger partial charge in [0.1, 0.15) is 0 Å². The van der Waals surface area contributed by atoms with Crippen molar-refractivity contribution >= 4 is 171 Å². The van der Waals surface area contributed by atoms with Gasteiger partial charge in [-0.15, -0.1) is 66.5 Å². The fraction of sp³-hybridized carbons (Fsp3) is 0.250. The van der Waals surface area contributed by atoms with Crippen molar-refractivity contribution in [2.45, 2.75) is 23.4 Å². The highest BCUT2D eigenvalue weighted by Crippen LogP contribution is 2.68. The van der Waals surface area contributed by atoms with Crippen LogP contribution in [0.15, 0.2) is 6.07 Å². The summed E-state index contributed by atoms with van der Waals surface area (Å²) in [6, 6.07) is -5.27. The molecule has 0 nitrogen and oxygen atoms in total. The van der Waals surface area contributed by atoms with E-state index in [4.69, 9.17) is 159 Å². The molecule has 16 heteroatoms. The van der Waals surface area contributed by atoms with E-state index in [2.05, 4.69) is 0 Å². The molecule has 0 fully saturated rings. The second kappa shape index (κ2) is 10.6. The molecule has 0 N–H and O–H groups in total. The lowest BCUT2D eigenvalue weighted by Gasteiger charge is -2.32. The molecule has 0 spiro atoms. The van der Waals surface area contributed by atoms with Crippen LogP contribution in [0.3, 0.4) is 0 Å². The lowest BCUT2D eigenvalue weighted by Crippen LogP contribution is -2.29. The van der Waals surface area contributed by atoms with Crippen LogP contribution in [0.4, 0.5) is 0 Å². The van der Waals surface area contributed by atoms with Gasteiger partial charge in [0.15, 0.2) is 0 Å². The van der Waals surface area contributed by atoms with Crippen molar-refractivity contribution in [1.82, 2.24) is 0 Å². The van der Waals surface area contributed by atoms with Gasteiger partial charge in [-0.25, -0.2) is 0 Å². The van der Waals surface area contributed by atoms with Crippen LogP contribution >= 0.6 is 159 Å². The Morgan fingerprint density at radius 1 is 0.594 bits per heavy atom. The molecule has 32 heavy (non-hydrogen) atoms. The van der Waals surface area contributed by atoms with Gasteiger partial charge in [-0.3, -0.25) is 0 Å². The van der Waals surface area contributed by atoms with E-state index in [1.165, 1.54) is 6.07 Å². The van der Waals surface area contributed by atoms with Crippen LogP contribution in [-0.2, 0) is 0 Å². The van der Waals surface area contributed by atoms with Gasteiger partial charge < -0.3 is 0 Å². The molecule has 0 bridgehead atoms. The third-order valence-corrected chi connectivity index (χ3v) is 14.8. The Morgan fingerprint density at radius 2 is 1.06 bits per heavy atom. The predicted octanol–water partition coefficient (Wildman–Crippen LogP) is 12.8. The van der Waals surface area contributed by atoms with Crippen LogP contribution in [0.1, 0.15) is 28.5 Å². The molecule has 2 aromatic carbocycles. The molecule has 0 heterocycles. The number of hydrogen-bond acceptors (Lipinski definition) is 0. The van der Waals surface area contributed by atoms with Gasteiger partial charge in [0.2, 0.25) is 0 Å². The molecular weight excluding hydrogens is 745 g/mol. The van der Waals surface area contributed by atoms with E-state index in [0.29, 0.717) is 16.7 Å². The van der Waals surface area contributed by atoms with Crippen molar-refractivity contribution in [2.75, 3.05) is 0 Å². The van der Waals surface area contributed by atoms with Crippen LogP contribution in [0.5, 0.6) is 0 Å². The number of rotatable bonds is 4. The number of hydrogen-bond donors (Lipinski definition) is 0. The summed E-state index contributed by atoms with van der Waals surface area (Å²) in [5.74, 6) is -1.35. The van der Waals surface area contributed by atoms with Crippen molar-refractivity contribution in [2.24, 2.45) is 0 Å². The summed E-state index contributed by atoms with van der Waals surface area (Å²) < 4.78 is 0. The number of fused-ring (bicyclic) bond motifs is 1. The van der Waals surface area contributed by atoms with Gasteiger partial charge in [-0.1, -0.05) is 92.8 Å². The van der Waals surface area contributed by atoms with Gasteiger partial charge in [-0.05, 0) is 34.7 Å². The topological polar surface area (TPSA) is 0 Å². The van der Waals surface area contributed by atoms with E-state index in [0.717, 1.165) is 0 Å². The smallest absolute Gasteiger partial charge is 0.126 e. The summed E-state index contributed by atoms with van der Waals surface area (Å²) in [4.78, 5) is 0. The summed E-state index contributed by atoms with van der Waals surface area (Å²) >= 11 is 90.1. The Kier molecular flexibility index (Phi) is 9.77.